The van der Waals surface area contributed by atoms with Crippen molar-refractivity contribution in [3.8, 4) is 11.5 Å². The molecule has 0 amide bonds. The molecule has 100 valence electrons. The lowest BCUT2D eigenvalue weighted by molar-refractivity contribution is -0.0803. The zero-order valence-corrected chi connectivity index (χ0v) is 11.1. The van der Waals surface area contributed by atoms with Crippen molar-refractivity contribution in [1.82, 2.24) is 0 Å². The molecule has 2 unspecified atom stereocenters. The summed E-state index contributed by atoms with van der Waals surface area (Å²) in [7, 11) is 3.19. The summed E-state index contributed by atoms with van der Waals surface area (Å²) in [5, 5.41) is 10.5. The Bertz CT molecular complexity index is 410. The van der Waals surface area contributed by atoms with Gasteiger partial charge in [-0.25, -0.2) is 0 Å². The van der Waals surface area contributed by atoms with Crippen LogP contribution in [0.25, 0.3) is 0 Å². The first-order valence-corrected chi connectivity index (χ1v) is 6.14. The third-order valence-corrected chi connectivity index (χ3v) is 3.56. The Morgan fingerprint density at radius 3 is 2.67 bits per heavy atom. The molecule has 0 bridgehead atoms. The molecule has 1 fully saturated rings. The van der Waals surface area contributed by atoms with Crippen LogP contribution in [0.4, 0.5) is 0 Å². The fourth-order valence-corrected chi connectivity index (χ4v) is 2.39. The van der Waals surface area contributed by atoms with Gasteiger partial charge < -0.3 is 19.3 Å². The fourth-order valence-electron chi connectivity index (χ4n) is 2.39. The summed E-state index contributed by atoms with van der Waals surface area (Å²) in [6.45, 7) is 2.64. The van der Waals surface area contributed by atoms with E-state index in [-0.39, 0.29) is 0 Å². The third-order valence-electron chi connectivity index (χ3n) is 3.56. The molecule has 1 aromatic carbocycles. The van der Waals surface area contributed by atoms with Crippen LogP contribution in [-0.2, 0) is 4.74 Å². The SMILES string of the molecule is COc1ccc(C(O)C2(C)CCCO2)c(OC)c1. The molecule has 1 N–H and O–H groups in total. The van der Waals surface area contributed by atoms with Gasteiger partial charge in [0.1, 0.15) is 17.6 Å². The maximum Gasteiger partial charge on any atom is 0.128 e. The minimum atomic E-state index is -0.694. The number of methoxy groups -OCH3 is 2. The Morgan fingerprint density at radius 1 is 1.33 bits per heavy atom. The highest BCUT2D eigenvalue weighted by molar-refractivity contribution is 5.42. The van der Waals surface area contributed by atoms with E-state index in [1.165, 1.54) is 0 Å². The van der Waals surface area contributed by atoms with Gasteiger partial charge in [-0.05, 0) is 31.9 Å². The van der Waals surface area contributed by atoms with E-state index >= 15 is 0 Å². The molecule has 0 saturated carbocycles. The molecule has 4 heteroatoms. The van der Waals surface area contributed by atoms with Gasteiger partial charge in [-0.3, -0.25) is 0 Å². The maximum absolute atomic E-state index is 10.5. The summed E-state index contributed by atoms with van der Waals surface area (Å²) in [5.74, 6) is 1.33. The Kier molecular flexibility index (Phi) is 3.78. The van der Waals surface area contributed by atoms with E-state index in [2.05, 4.69) is 0 Å². The summed E-state index contributed by atoms with van der Waals surface area (Å²) in [5.41, 5.74) is 0.213. The van der Waals surface area contributed by atoms with Gasteiger partial charge >= 0.3 is 0 Å². The topological polar surface area (TPSA) is 47.9 Å². The van der Waals surface area contributed by atoms with Gasteiger partial charge in [-0.15, -0.1) is 0 Å². The van der Waals surface area contributed by atoms with Crippen molar-refractivity contribution in [1.29, 1.82) is 0 Å². The molecule has 1 aliphatic heterocycles. The standard InChI is InChI=1S/C14H20O4/c1-14(7-4-8-18-14)13(15)11-6-5-10(16-2)9-12(11)17-3/h5-6,9,13,15H,4,7-8H2,1-3H3. The second kappa shape index (κ2) is 5.16. The molecule has 0 radical (unpaired) electrons. The van der Waals surface area contributed by atoms with Gasteiger partial charge in [0.05, 0.1) is 19.8 Å². The van der Waals surface area contributed by atoms with E-state index < -0.39 is 11.7 Å². The highest BCUT2D eigenvalue weighted by Gasteiger charge is 2.39. The third kappa shape index (κ3) is 2.31. The largest absolute Gasteiger partial charge is 0.497 e. The van der Waals surface area contributed by atoms with Crippen LogP contribution in [0.3, 0.4) is 0 Å². The number of aliphatic hydroxyl groups excluding tert-OH is 1. The second-order valence-electron chi connectivity index (χ2n) is 4.78. The predicted octanol–water partition coefficient (Wildman–Crippen LogP) is 2.31. The van der Waals surface area contributed by atoms with Crippen LogP contribution in [0.5, 0.6) is 11.5 Å². The first-order valence-electron chi connectivity index (χ1n) is 6.14. The molecular formula is C14H20O4. The van der Waals surface area contributed by atoms with E-state index in [0.717, 1.165) is 18.4 Å². The average Bonchev–Trinajstić information content (AvgIpc) is 2.85. The molecule has 1 aromatic rings. The molecule has 4 nitrogen and oxygen atoms in total. The van der Waals surface area contributed by atoms with E-state index in [1.807, 2.05) is 19.1 Å². The minimum absolute atomic E-state index is 0.526. The second-order valence-corrected chi connectivity index (χ2v) is 4.78. The quantitative estimate of drug-likeness (QED) is 0.893. The molecule has 1 aliphatic rings. The van der Waals surface area contributed by atoms with Crippen LogP contribution < -0.4 is 9.47 Å². The van der Waals surface area contributed by atoms with E-state index in [4.69, 9.17) is 14.2 Å². The Labute approximate surface area is 107 Å². The van der Waals surface area contributed by atoms with Gasteiger partial charge in [0, 0.05) is 18.2 Å². The van der Waals surface area contributed by atoms with E-state index in [9.17, 15) is 5.11 Å². The van der Waals surface area contributed by atoms with E-state index in [0.29, 0.717) is 18.1 Å². The smallest absolute Gasteiger partial charge is 0.128 e. The lowest BCUT2D eigenvalue weighted by Crippen LogP contribution is -2.32. The van der Waals surface area contributed by atoms with Crippen molar-refractivity contribution in [2.75, 3.05) is 20.8 Å². The summed E-state index contributed by atoms with van der Waals surface area (Å²) in [4.78, 5) is 0. The number of aliphatic hydroxyl groups is 1. The van der Waals surface area contributed by atoms with Gasteiger partial charge in [0.15, 0.2) is 0 Å². The lowest BCUT2D eigenvalue weighted by atomic mass is 9.90. The Hall–Kier alpha value is -1.26. The van der Waals surface area contributed by atoms with Crippen molar-refractivity contribution in [3.63, 3.8) is 0 Å². The highest BCUT2D eigenvalue weighted by Crippen LogP contribution is 2.41. The first kappa shape index (κ1) is 13.2. The lowest BCUT2D eigenvalue weighted by Gasteiger charge is -2.30. The summed E-state index contributed by atoms with van der Waals surface area (Å²) in [6, 6.07) is 5.42. The summed E-state index contributed by atoms with van der Waals surface area (Å²) in [6.07, 6.45) is 1.14. The van der Waals surface area contributed by atoms with Crippen LogP contribution in [-0.4, -0.2) is 31.5 Å². The van der Waals surface area contributed by atoms with Crippen LogP contribution >= 0.6 is 0 Å². The van der Waals surface area contributed by atoms with Gasteiger partial charge in [-0.2, -0.15) is 0 Å². The number of rotatable bonds is 4. The van der Waals surface area contributed by atoms with Crippen molar-refractivity contribution < 1.29 is 19.3 Å². The van der Waals surface area contributed by atoms with Crippen LogP contribution in [0.1, 0.15) is 31.4 Å². The van der Waals surface area contributed by atoms with Crippen molar-refractivity contribution in [2.24, 2.45) is 0 Å². The number of hydrogen-bond acceptors (Lipinski definition) is 4. The molecule has 0 aromatic heterocycles. The van der Waals surface area contributed by atoms with Crippen LogP contribution in [0, 0.1) is 0 Å². The molecule has 1 saturated heterocycles. The highest BCUT2D eigenvalue weighted by atomic mass is 16.5. The Morgan fingerprint density at radius 2 is 2.11 bits per heavy atom. The predicted molar refractivity (Wildman–Crippen MR) is 68.1 cm³/mol. The van der Waals surface area contributed by atoms with E-state index in [1.54, 1.807) is 20.3 Å². The van der Waals surface area contributed by atoms with Gasteiger partial charge in [0.25, 0.3) is 0 Å². The van der Waals surface area contributed by atoms with Crippen molar-refractivity contribution in [3.05, 3.63) is 23.8 Å². The molecule has 18 heavy (non-hydrogen) atoms. The molecule has 2 atom stereocenters. The Balaban J connectivity index is 2.32. The fraction of sp³-hybridized carbons (Fsp3) is 0.571. The van der Waals surface area contributed by atoms with Gasteiger partial charge in [-0.1, -0.05) is 0 Å². The zero-order chi connectivity index (χ0) is 13.2. The molecular weight excluding hydrogens is 232 g/mol. The molecule has 2 rings (SSSR count). The van der Waals surface area contributed by atoms with Crippen LogP contribution in [0.2, 0.25) is 0 Å². The van der Waals surface area contributed by atoms with Crippen LogP contribution in [0.15, 0.2) is 18.2 Å². The maximum atomic E-state index is 10.5. The number of hydrogen-bond donors (Lipinski definition) is 1. The minimum Gasteiger partial charge on any atom is -0.497 e. The average molecular weight is 252 g/mol. The molecule has 0 aliphatic carbocycles. The molecule has 0 spiro atoms. The van der Waals surface area contributed by atoms with Crippen molar-refractivity contribution in [2.45, 2.75) is 31.5 Å². The van der Waals surface area contributed by atoms with Crippen molar-refractivity contribution >= 4 is 0 Å². The monoisotopic (exact) mass is 252 g/mol. The number of benzene rings is 1. The number of ether oxygens (including phenoxy) is 3. The summed E-state index contributed by atoms with van der Waals surface area (Å²) < 4.78 is 16.1. The summed E-state index contributed by atoms with van der Waals surface area (Å²) >= 11 is 0. The normalized spacial score (nSPS) is 24.9. The first-order chi connectivity index (χ1) is 8.60. The molecule has 1 heterocycles. The van der Waals surface area contributed by atoms with Gasteiger partial charge in [0.2, 0.25) is 0 Å². The zero-order valence-electron chi connectivity index (χ0n) is 11.1.